The number of hydrogen-bond acceptors (Lipinski definition) is 4. The summed E-state index contributed by atoms with van der Waals surface area (Å²) in [6.07, 6.45) is 2.75. The number of aromatic amines is 1. The van der Waals surface area contributed by atoms with E-state index in [9.17, 15) is 4.79 Å². The molecular formula is C30H27N5O. The molecule has 0 unspecified atom stereocenters. The molecule has 178 valence electrons. The van der Waals surface area contributed by atoms with Gasteiger partial charge in [-0.2, -0.15) is 0 Å². The molecule has 0 aliphatic carbocycles. The van der Waals surface area contributed by atoms with Crippen molar-refractivity contribution < 1.29 is 0 Å². The quantitative estimate of drug-likeness (QED) is 0.323. The molecule has 0 fully saturated rings. The van der Waals surface area contributed by atoms with Crippen LogP contribution in [0.15, 0.2) is 95.9 Å². The van der Waals surface area contributed by atoms with E-state index in [4.69, 9.17) is 0 Å². The highest BCUT2D eigenvalue weighted by molar-refractivity contribution is 5.89. The average molecular weight is 474 g/mol. The third kappa shape index (κ3) is 3.77. The van der Waals surface area contributed by atoms with Crippen LogP contribution in [0.2, 0.25) is 0 Å². The Morgan fingerprint density at radius 2 is 1.56 bits per heavy atom. The Balaban J connectivity index is 1.35. The Morgan fingerprint density at radius 1 is 0.833 bits per heavy atom. The number of rotatable bonds is 5. The fraction of sp³-hybridized carbons (Fsp3) is 0.133. The van der Waals surface area contributed by atoms with E-state index in [-0.39, 0.29) is 5.56 Å². The molecule has 0 spiro atoms. The zero-order valence-electron chi connectivity index (χ0n) is 20.3. The maximum absolute atomic E-state index is 13.6. The van der Waals surface area contributed by atoms with Crippen LogP contribution in [0.3, 0.4) is 0 Å². The van der Waals surface area contributed by atoms with E-state index in [2.05, 4.69) is 71.0 Å². The molecule has 0 radical (unpaired) electrons. The molecule has 6 nitrogen and oxygen atoms in total. The normalized spacial score (nSPS) is 12.1. The first kappa shape index (κ1) is 21.9. The Hall–Kier alpha value is -4.58. The summed E-state index contributed by atoms with van der Waals surface area (Å²) >= 11 is 0. The van der Waals surface area contributed by atoms with Crippen molar-refractivity contribution in [2.75, 3.05) is 10.4 Å². The summed E-state index contributed by atoms with van der Waals surface area (Å²) in [6, 6.07) is 28.8. The molecule has 6 rings (SSSR count). The third-order valence-electron chi connectivity index (χ3n) is 6.75. The van der Waals surface area contributed by atoms with Gasteiger partial charge in [0.05, 0.1) is 23.6 Å². The molecule has 0 saturated heterocycles. The van der Waals surface area contributed by atoms with Crippen molar-refractivity contribution in [3.8, 4) is 28.1 Å². The van der Waals surface area contributed by atoms with Crippen molar-refractivity contribution in [2.45, 2.75) is 26.8 Å². The highest BCUT2D eigenvalue weighted by Crippen LogP contribution is 2.38. The molecule has 0 amide bonds. The first-order chi connectivity index (χ1) is 17.6. The van der Waals surface area contributed by atoms with Gasteiger partial charge in [0.25, 0.3) is 5.56 Å². The second kappa shape index (κ2) is 8.89. The van der Waals surface area contributed by atoms with Crippen LogP contribution in [-0.2, 0) is 13.0 Å². The van der Waals surface area contributed by atoms with E-state index in [1.54, 1.807) is 4.68 Å². The predicted octanol–water partition coefficient (Wildman–Crippen LogP) is 6.11. The highest BCUT2D eigenvalue weighted by atomic mass is 16.1. The van der Waals surface area contributed by atoms with Gasteiger partial charge in [-0.15, -0.1) is 0 Å². The number of hydrogen-bond donors (Lipinski definition) is 2. The van der Waals surface area contributed by atoms with Gasteiger partial charge < -0.3 is 0 Å². The number of pyridine rings is 1. The highest BCUT2D eigenvalue weighted by Gasteiger charge is 2.27. The van der Waals surface area contributed by atoms with Crippen LogP contribution in [0.25, 0.3) is 28.1 Å². The van der Waals surface area contributed by atoms with Crippen LogP contribution < -0.4 is 16.0 Å². The number of nitrogens with zero attached hydrogens (tertiary/aromatic N) is 3. The van der Waals surface area contributed by atoms with E-state index < -0.39 is 0 Å². The zero-order chi connectivity index (χ0) is 24.6. The van der Waals surface area contributed by atoms with Crippen LogP contribution in [0.1, 0.15) is 23.7 Å². The van der Waals surface area contributed by atoms with Gasteiger partial charge in [-0.1, -0.05) is 73.7 Å². The SMILES string of the molecule is CCc1ccccc1-n1[nH]c2c(c1=O)NN(Cc1ccc(-c3ccc(C)nc3)cc1)c1ccccc1-2. The van der Waals surface area contributed by atoms with E-state index in [1.807, 2.05) is 54.5 Å². The van der Waals surface area contributed by atoms with Crippen molar-refractivity contribution in [3.63, 3.8) is 0 Å². The molecule has 3 aromatic carbocycles. The molecule has 1 aliphatic heterocycles. The van der Waals surface area contributed by atoms with Crippen molar-refractivity contribution in [3.05, 3.63) is 118 Å². The molecule has 36 heavy (non-hydrogen) atoms. The zero-order valence-corrected chi connectivity index (χ0v) is 20.3. The number of fused-ring (bicyclic) bond motifs is 3. The molecule has 0 atom stereocenters. The summed E-state index contributed by atoms with van der Waals surface area (Å²) in [7, 11) is 0. The number of H-pyrrole nitrogens is 1. The first-order valence-electron chi connectivity index (χ1n) is 12.2. The van der Waals surface area contributed by atoms with Gasteiger partial charge in [0.2, 0.25) is 0 Å². The van der Waals surface area contributed by atoms with Gasteiger partial charge in [-0.05, 0) is 48.2 Å². The van der Waals surface area contributed by atoms with Crippen molar-refractivity contribution in [1.82, 2.24) is 14.8 Å². The molecule has 0 bridgehead atoms. The van der Waals surface area contributed by atoms with Gasteiger partial charge in [0.15, 0.2) is 0 Å². The van der Waals surface area contributed by atoms with Gasteiger partial charge >= 0.3 is 0 Å². The summed E-state index contributed by atoms with van der Waals surface area (Å²) in [5.41, 5.74) is 13.1. The number of benzene rings is 3. The molecule has 6 heteroatoms. The van der Waals surface area contributed by atoms with E-state index in [0.29, 0.717) is 12.2 Å². The van der Waals surface area contributed by atoms with Gasteiger partial charge in [0.1, 0.15) is 5.69 Å². The minimum atomic E-state index is -0.0902. The Bertz CT molecular complexity index is 1600. The molecule has 2 aromatic heterocycles. The summed E-state index contributed by atoms with van der Waals surface area (Å²) in [5, 5.41) is 5.42. The van der Waals surface area contributed by atoms with Crippen molar-refractivity contribution in [1.29, 1.82) is 0 Å². The van der Waals surface area contributed by atoms with Crippen LogP contribution in [-0.4, -0.2) is 14.8 Å². The van der Waals surface area contributed by atoms with Crippen molar-refractivity contribution >= 4 is 11.4 Å². The Labute approximate surface area is 209 Å². The van der Waals surface area contributed by atoms with Crippen molar-refractivity contribution in [2.24, 2.45) is 0 Å². The fourth-order valence-corrected chi connectivity index (χ4v) is 4.80. The number of aromatic nitrogens is 3. The largest absolute Gasteiger partial charge is 0.297 e. The standard InChI is InChI=1S/C30H27N5O/c1-3-22-8-4-6-10-26(22)35-30(36)29-28(33-35)25-9-5-7-11-27(25)34(32-29)19-21-13-16-23(17-14-21)24-15-12-20(2)31-18-24/h4-18,32-33H,3,19H2,1-2H3. The molecule has 3 heterocycles. The predicted molar refractivity (Wildman–Crippen MR) is 145 cm³/mol. The lowest BCUT2D eigenvalue weighted by Crippen LogP contribution is -2.34. The number of para-hydroxylation sites is 2. The Morgan fingerprint density at radius 3 is 2.31 bits per heavy atom. The summed E-state index contributed by atoms with van der Waals surface area (Å²) in [4.78, 5) is 18.0. The summed E-state index contributed by atoms with van der Waals surface area (Å²) in [6.45, 7) is 4.70. The monoisotopic (exact) mass is 473 g/mol. The van der Waals surface area contributed by atoms with E-state index in [1.165, 1.54) is 0 Å². The molecule has 5 aromatic rings. The maximum atomic E-state index is 13.6. The maximum Gasteiger partial charge on any atom is 0.297 e. The second-order valence-electron chi connectivity index (χ2n) is 9.08. The van der Waals surface area contributed by atoms with Gasteiger partial charge in [-0.3, -0.25) is 25.3 Å². The third-order valence-corrected chi connectivity index (χ3v) is 6.75. The molecule has 2 N–H and O–H groups in total. The second-order valence-corrected chi connectivity index (χ2v) is 9.08. The first-order valence-corrected chi connectivity index (χ1v) is 12.2. The minimum absolute atomic E-state index is 0.0902. The lowest BCUT2D eigenvalue weighted by atomic mass is 10.0. The van der Waals surface area contributed by atoms with Crippen LogP contribution in [0, 0.1) is 6.92 Å². The van der Waals surface area contributed by atoms with Crippen LogP contribution >= 0.6 is 0 Å². The lowest BCUT2D eigenvalue weighted by molar-refractivity contribution is 0.838. The molecule has 0 saturated carbocycles. The summed E-state index contributed by atoms with van der Waals surface area (Å²) in [5.74, 6) is 0. The number of aryl methyl sites for hydroxylation is 2. The van der Waals surface area contributed by atoms with Crippen LogP contribution in [0.4, 0.5) is 11.4 Å². The lowest BCUT2D eigenvalue weighted by Gasteiger charge is -2.31. The number of hydrazine groups is 1. The minimum Gasteiger partial charge on any atom is -0.291 e. The van der Waals surface area contributed by atoms with Gasteiger partial charge in [-0.25, -0.2) is 4.68 Å². The smallest absolute Gasteiger partial charge is 0.291 e. The topological polar surface area (TPSA) is 66.0 Å². The molecular weight excluding hydrogens is 446 g/mol. The van der Waals surface area contributed by atoms with E-state index >= 15 is 0 Å². The molecule has 1 aliphatic rings. The van der Waals surface area contributed by atoms with E-state index in [0.717, 1.165) is 57.0 Å². The number of nitrogens with one attached hydrogen (secondary N) is 2. The van der Waals surface area contributed by atoms with Crippen LogP contribution in [0.5, 0.6) is 0 Å². The fourth-order valence-electron chi connectivity index (χ4n) is 4.80. The Kier molecular flexibility index (Phi) is 5.41. The average Bonchev–Trinajstić information content (AvgIpc) is 3.26. The van der Waals surface area contributed by atoms with Gasteiger partial charge in [0, 0.05) is 23.0 Å². The number of anilines is 2. The summed E-state index contributed by atoms with van der Waals surface area (Å²) < 4.78 is 1.65.